The van der Waals surface area contributed by atoms with Crippen LogP contribution in [0.4, 0.5) is 13.2 Å². The molecule has 1 aromatic heterocycles. The number of nitrogens with one attached hydrogen (secondary N) is 1. The number of hydrogen-bond acceptors (Lipinski definition) is 4. The van der Waals surface area contributed by atoms with E-state index in [-0.39, 0.29) is 10.6 Å². The lowest BCUT2D eigenvalue weighted by atomic mass is 10.2. The maximum Gasteiger partial charge on any atom is 0.153 e. The zero-order chi connectivity index (χ0) is 13.1. The molecule has 3 nitrogen and oxygen atoms in total. The van der Waals surface area contributed by atoms with Crippen LogP contribution in [0.3, 0.4) is 0 Å². The lowest BCUT2D eigenvalue weighted by molar-refractivity contribution is 0.547. The van der Waals surface area contributed by atoms with Crippen molar-refractivity contribution in [3.05, 3.63) is 34.6 Å². The van der Waals surface area contributed by atoms with Crippen LogP contribution >= 0.6 is 11.3 Å². The fourth-order valence-electron chi connectivity index (χ4n) is 1.40. The van der Waals surface area contributed by atoms with Crippen molar-refractivity contribution in [1.29, 1.82) is 0 Å². The first kappa shape index (κ1) is 13.0. The van der Waals surface area contributed by atoms with E-state index in [9.17, 15) is 13.2 Å². The molecular weight excluding hydrogens is 263 g/mol. The Hall–Kier alpha value is -1.47. The SMILES string of the molecule is CCNCc1nnc(-c2c(F)cc(F)cc2F)s1. The molecule has 1 aromatic carbocycles. The monoisotopic (exact) mass is 273 g/mol. The maximum atomic E-state index is 13.5. The van der Waals surface area contributed by atoms with Gasteiger partial charge in [-0.15, -0.1) is 10.2 Å². The molecule has 1 N–H and O–H groups in total. The highest BCUT2D eigenvalue weighted by Crippen LogP contribution is 2.29. The molecule has 0 radical (unpaired) electrons. The summed E-state index contributed by atoms with van der Waals surface area (Å²) < 4.78 is 39.8. The number of halogens is 3. The third-order valence-corrected chi connectivity index (χ3v) is 3.15. The first-order valence-corrected chi connectivity index (χ1v) is 6.11. The number of rotatable bonds is 4. The minimum absolute atomic E-state index is 0.109. The van der Waals surface area contributed by atoms with Crippen LogP contribution in [0.5, 0.6) is 0 Å². The molecule has 2 aromatic rings. The van der Waals surface area contributed by atoms with Gasteiger partial charge in [0.15, 0.2) is 5.01 Å². The molecule has 0 saturated heterocycles. The molecule has 1 heterocycles. The van der Waals surface area contributed by atoms with Crippen LogP contribution < -0.4 is 5.32 Å². The van der Waals surface area contributed by atoms with Crippen molar-refractivity contribution in [2.75, 3.05) is 6.54 Å². The zero-order valence-corrected chi connectivity index (χ0v) is 10.3. The van der Waals surface area contributed by atoms with Crippen molar-refractivity contribution in [3.63, 3.8) is 0 Å². The molecule has 2 rings (SSSR count). The van der Waals surface area contributed by atoms with Gasteiger partial charge in [0.2, 0.25) is 0 Å². The summed E-state index contributed by atoms with van der Waals surface area (Å²) in [6, 6.07) is 1.26. The van der Waals surface area contributed by atoms with Gasteiger partial charge in [0, 0.05) is 18.7 Å². The van der Waals surface area contributed by atoms with Crippen molar-refractivity contribution >= 4 is 11.3 Å². The van der Waals surface area contributed by atoms with Crippen molar-refractivity contribution in [2.45, 2.75) is 13.5 Å². The molecule has 0 bridgehead atoms. The number of hydrogen-bond donors (Lipinski definition) is 1. The van der Waals surface area contributed by atoms with Crippen LogP contribution in [0.2, 0.25) is 0 Å². The average Bonchev–Trinajstić information content (AvgIpc) is 2.73. The van der Waals surface area contributed by atoms with E-state index >= 15 is 0 Å². The van der Waals surface area contributed by atoms with E-state index in [1.54, 1.807) is 0 Å². The minimum atomic E-state index is -0.973. The van der Waals surface area contributed by atoms with Gasteiger partial charge in [-0.2, -0.15) is 0 Å². The molecule has 0 fully saturated rings. The zero-order valence-electron chi connectivity index (χ0n) is 9.51. The third kappa shape index (κ3) is 2.68. The average molecular weight is 273 g/mol. The maximum absolute atomic E-state index is 13.5. The number of aromatic nitrogens is 2. The van der Waals surface area contributed by atoms with Crippen LogP contribution in [0, 0.1) is 17.5 Å². The standard InChI is InChI=1S/C11H10F3N3S/c1-2-15-5-9-16-17-11(18-9)10-7(13)3-6(12)4-8(10)14/h3-4,15H,2,5H2,1H3. The van der Waals surface area contributed by atoms with Gasteiger partial charge in [0.05, 0.1) is 5.56 Å². The highest BCUT2D eigenvalue weighted by Gasteiger charge is 2.17. The summed E-state index contributed by atoms with van der Waals surface area (Å²) in [5.41, 5.74) is -0.336. The fourth-order valence-corrected chi connectivity index (χ4v) is 2.26. The summed E-state index contributed by atoms with van der Waals surface area (Å²) in [4.78, 5) is 0. The molecule has 0 aliphatic heterocycles. The van der Waals surface area contributed by atoms with Gasteiger partial charge in [0.25, 0.3) is 0 Å². The van der Waals surface area contributed by atoms with Crippen molar-refractivity contribution < 1.29 is 13.2 Å². The Labute approximate surface area is 106 Å². The van der Waals surface area contributed by atoms with E-state index < -0.39 is 17.5 Å². The van der Waals surface area contributed by atoms with Crippen molar-refractivity contribution in [3.8, 4) is 10.6 Å². The molecule has 0 aliphatic carbocycles. The molecule has 7 heteroatoms. The lowest BCUT2D eigenvalue weighted by Gasteiger charge is -2.00. The Morgan fingerprint density at radius 2 is 1.83 bits per heavy atom. The largest absolute Gasteiger partial charge is 0.311 e. The van der Waals surface area contributed by atoms with E-state index in [4.69, 9.17) is 0 Å². The summed E-state index contributed by atoms with van der Waals surface area (Å²) in [5, 5.41) is 11.3. The second kappa shape index (κ2) is 5.45. The van der Waals surface area contributed by atoms with Gasteiger partial charge in [-0.3, -0.25) is 0 Å². The van der Waals surface area contributed by atoms with E-state index in [0.717, 1.165) is 17.9 Å². The fraction of sp³-hybridized carbons (Fsp3) is 0.273. The smallest absolute Gasteiger partial charge is 0.153 e. The highest BCUT2D eigenvalue weighted by molar-refractivity contribution is 7.14. The summed E-state index contributed by atoms with van der Waals surface area (Å²) in [7, 11) is 0. The van der Waals surface area contributed by atoms with Crippen LogP contribution in [-0.4, -0.2) is 16.7 Å². The Bertz CT molecular complexity index is 533. The summed E-state index contributed by atoms with van der Waals surface area (Å²) in [5.74, 6) is -2.90. The lowest BCUT2D eigenvalue weighted by Crippen LogP contribution is -2.11. The van der Waals surface area contributed by atoms with Crippen LogP contribution in [0.1, 0.15) is 11.9 Å². The van der Waals surface area contributed by atoms with Crippen molar-refractivity contribution in [2.24, 2.45) is 0 Å². The Kier molecular flexibility index (Phi) is 3.93. The highest BCUT2D eigenvalue weighted by atomic mass is 32.1. The molecule has 0 amide bonds. The molecule has 0 unspecified atom stereocenters. The van der Waals surface area contributed by atoms with Crippen LogP contribution in [-0.2, 0) is 6.54 Å². The topological polar surface area (TPSA) is 37.8 Å². The first-order valence-electron chi connectivity index (χ1n) is 5.29. The van der Waals surface area contributed by atoms with Gasteiger partial charge >= 0.3 is 0 Å². The molecule has 0 spiro atoms. The molecule has 0 saturated carbocycles. The van der Waals surface area contributed by atoms with Gasteiger partial charge < -0.3 is 5.32 Å². The molecule has 18 heavy (non-hydrogen) atoms. The summed E-state index contributed by atoms with van der Waals surface area (Å²) in [6.45, 7) is 3.17. The minimum Gasteiger partial charge on any atom is -0.311 e. The normalized spacial score (nSPS) is 10.9. The van der Waals surface area contributed by atoms with E-state index in [0.29, 0.717) is 23.7 Å². The summed E-state index contributed by atoms with van der Waals surface area (Å²) >= 11 is 1.07. The van der Waals surface area contributed by atoms with E-state index in [1.165, 1.54) is 0 Å². The van der Waals surface area contributed by atoms with Crippen molar-refractivity contribution in [1.82, 2.24) is 15.5 Å². The Morgan fingerprint density at radius 3 is 2.44 bits per heavy atom. The molecule has 96 valence electrons. The second-order valence-electron chi connectivity index (χ2n) is 3.53. The number of benzene rings is 1. The summed E-state index contributed by atoms with van der Waals surface area (Å²) in [6.07, 6.45) is 0. The Balaban J connectivity index is 2.34. The first-order chi connectivity index (χ1) is 8.61. The van der Waals surface area contributed by atoms with Gasteiger partial charge in [-0.25, -0.2) is 13.2 Å². The Morgan fingerprint density at radius 1 is 1.17 bits per heavy atom. The van der Waals surface area contributed by atoms with E-state index in [1.807, 2.05) is 6.92 Å². The predicted octanol–water partition coefficient (Wildman–Crippen LogP) is 2.73. The van der Waals surface area contributed by atoms with Gasteiger partial charge in [0.1, 0.15) is 22.5 Å². The molecular formula is C11H10F3N3S. The molecule has 0 aliphatic rings. The third-order valence-electron chi connectivity index (χ3n) is 2.21. The molecule has 0 atom stereocenters. The van der Waals surface area contributed by atoms with Gasteiger partial charge in [-0.05, 0) is 6.54 Å². The second-order valence-corrected chi connectivity index (χ2v) is 4.59. The van der Waals surface area contributed by atoms with Crippen LogP contribution in [0.25, 0.3) is 10.6 Å². The van der Waals surface area contributed by atoms with E-state index in [2.05, 4.69) is 15.5 Å². The number of nitrogens with zero attached hydrogens (tertiary/aromatic N) is 2. The van der Waals surface area contributed by atoms with Gasteiger partial charge in [-0.1, -0.05) is 18.3 Å². The quantitative estimate of drug-likeness (QED) is 0.930. The predicted molar refractivity (Wildman–Crippen MR) is 62.6 cm³/mol. The van der Waals surface area contributed by atoms with Crippen LogP contribution in [0.15, 0.2) is 12.1 Å².